The molecule has 1 aromatic carbocycles. The molecule has 2 heterocycles. The molecule has 0 unspecified atom stereocenters. The Morgan fingerprint density at radius 3 is 2.08 bits per heavy atom. The number of halogens is 3. The third kappa shape index (κ3) is 4.00. The predicted octanol–water partition coefficient (Wildman–Crippen LogP) is 4.47. The standard InChI is InChI=1S/C19H25BF3NO2/c1-17(2)18(3,4)26-20(25-17)16-9-11-24(12-10-16)13-14-5-7-15(8-6-14)19(21,22)23/h5-9H,10-13H2,1-4H3. The molecule has 1 saturated heterocycles. The second kappa shape index (κ2) is 6.70. The van der Waals surface area contributed by atoms with Gasteiger partial charge in [-0.3, -0.25) is 4.90 Å². The van der Waals surface area contributed by atoms with Gasteiger partial charge in [0.15, 0.2) is 0 Å². The Bertz CT molecular complexity index is 667. The smallest absolute Gasteiger partial charge is 0.400 e. The summed E-state index contributed by atoms with van der Waals surface area (Å²) in [6.45, 7) is 10.3. The van der Waals surface area contributed by atoms with Crippen molar-refractivity contribution in [3.63, 3.8) is 0 Å². The molecule has 0 aliphatic carbocycles. The highest BCUT2D eigenvalue weighted by molar-refractivity contribution is 6.54. The summed E-state index contributed by atoms with van der Waals surface area (Å²) in [5, 5.41) is 0. The van der Waals surface area contributed by atoms with Gasteiger partial charge in [0.2, 0.25) is 0 Å². The van der Waals surface area contributed by atoms with Crippen LogP contribution in [0.2, 0.25) is 0 Å². The number of nitrogens with zero attached hydrogens (tertiary/aromatic N) is 1. The van der Waals surface area contributed by atoms with Crippen LogP contribution in [0.25, 0.3) is 0 Å². The fourth-order valence-electron chi connectivity index (χ4n) is 3.14. The molecule has 0 saturated carbocycles. The van der Waals surface area contributed by atoms with Crippen LogP contribution in [0.4, 0.5) is 13.2 Å². The van der Waals surface area contributed by atoms with Gasteiger partial charge in [-0.15, -0.1) is 0 Å². The Morgan fingerprint density at radius 2 is 1.62 bits per heavy atom. The lowest BCUT2D eigenvalue weighted by Gasteiger charge is -2.32. The Labute approximate surface area is 153 Å². The number of benzene rings is 1. The van der Waals surface area contributed by atoms with E-state index in [1.165, 1.54) is 0 Å². The maximum atomic E-state index is 12.6. The maximum Gasteiger partial charge on any atom is 0.490 e. The second-order valence-electron chi connectivity index (χ2n) is 8.05. The number of alkyl halides is 3. The van der Waals surface area contributed by atoms with E-state index in [9.17, 15) is 13.2 Å². The van der Waals surface area contributed by atoms with Crippen LogP contribution in [-0.2, 0) is 22.0 Å². The molecule has 3 nitrogen and oxygen atoms in total. The molecule has 0 aromatic heterocycles. The van der Waals surface area contributed by atoms with Crippen LogP contribution >= 0.6 is 0 Å². The van der Waals surface area contributed by atoms with E-state index in [-0.39, 0.29) is 18.3 Å². The summed E-state index contributed by atoms with van der Waals surface area (Å²) in [5.74, 6) is 0. The van der Waals surface area contributed by atoms with E-state index in [4.69, 9.17) is 9.31 Å². The Balaban J connectivity index is 1.58. The molecule has 0 amide bonds. The van der Waals surface area contributed by atoms with Crippen molar-refractivity contribution in [1.29, 1.82) is 0 Å². The topological polar surface area (TPSA) is 21.7 Å². The second-order valence-corrected chi connectivity index (χ2v) is 8.05. The zero-order valence-electron chi connectivity index (χ0n) is 15.7. The zero-order chi connectivity index (χ0) is 19.2. The number of rotatable bonds is 3. The minimum absolute atomic E-state index is 0.312. The van der Waals surface area contributed by atoms with Crippen LogP contribution in [0.15, 0.2) is 35.8 Å². The third-order valence-corrected chi connectivity index (χ3v) is 5.57. The number of hydrogen-bond acceptors (Lipinski definition) is 3. The molecule has 26 heavy (non-hydrogen) atoms. The monoisotopic (exact) mass is 367 g/mol. The van der Waals surface area contributed by atoms with Gasteiger partial charge in [-0.25, -0.2) is 0 Å². The molecular formula is C19H25BF3NO2. The molecule has 7 heteroatoms. The van der Waals surface area contributed by atoms with Crippen molar-refractivity contribution >= 4 is 7.12 Å². The molecule has 3 rings (SSSR count). The average Bonchev–Trinajstić information content (AvgIpc) is 2.76. The molecule has 1 fully saturated rings. The van der Waals surface area contributed by atoms with E-state index < -0.39 is 11.7 Å². The van der Waals surface area contributed by atoms with Crippen molar-refractivity contribution in [2.45, 2.75) is 58.0 Å². The lowest BCUT2D eigenvalue weighted by Crippen LogP contribution is -2.41. The van der Waals surface area contributed by atoms with Gasteiger partial charge in [-0.2, -0.15) is 13.2 Å². The summed E-state index contributed by atoms with van der Waals surface area (Å²) in [7, 11) is -0.312. The summed E-state index contributed by atoms with van der Waals surface area (Å²) in [6, 6.07) is 5.39. The highest BCUT2D eigenvalue weighted by Crippen LogP contribution is 2.39. The lowest BCUT2D eigenvalue weighted by molar-refractivity contribution is -0.137. The average molecular weight is 367 g/mol. The molecule has 0 bridgehead atoms. The van der Waals surface area contributed by atoms with Gasteiger partial charge in [-0.05, 0) is 57.3 Å². The zero-order valence-corrected chi connectivity index (χ0v) is 15.7. The summed E-state index contributed by atoms with van der Waals surface area (Å²) in [4.78, 5) is 2.21. The molecule has 0 atom stereocenters. The Hall–Kier alpha value is -1.31. The molecule has 0 radical (unpaired) electrons. The van der Waals surface area contributed by atoms with Crippen molar-refractivity contribution in [2.24, 2.45) is 0 Å². The largest absolute Gasteiger partial charge is 0.490 e. The van der Waals surface area contributed by atoms with Crippen molar-refractivity contribution in [3.05, 3.63) is 46.9 Å². The predicted molar refractivity (Wildman–Crippen MR) is 95.5 cm³/mol. The van der Waals surface area contributed by atoms with Gasteiger partial charge in [0, 0.05) is 19.6 Å². The molecule has 1 aromatic rings. The van der Waals surface area contributed by atoms with Gasteiger partial charge in [0.05, 0.1) is 16.8 Å². The first-order valence-electron chi connectivity index (χ1n) is 8.91. The fraction of sp³-hybridized carbons (Fsp3) is 0.579. The van der Waals surface area contributed by atoms with E-state index in [0.29, 0.717) is 6.54 Å². The van der Waals surface area contributed by atoms with Crippen molar-refractivity contribution in [2.75, 3.05) is 13.1 Å². The fourth-order valence-corrected chi connectivity index (χ4v) is 3.14. The SMILES string of the molecule is CC1(C)OB(C2=CCN(Cc3ccc(C(F)(F)F)cc3)CC2)OC1(C)C. The van der Waals surface area contributed by atoms with Gasteiger partial charge in [-0.1, -0.05) is 18.2 Å². The van der Waals surface area contributed by atoms with Gasteiger partial charge >= 0.3 is 13.3 Å². The van der Waals surface area contributed by atoms with Crippen molar-refractivity contribution in [3.8, 4) is 0 Å². The van der Waals surface area contributed by atoms with E-state index in [2.05, 4.69) is 11.0 Å². The van der Waals surface area contributed by atoms with E-state index >= 15 is 0 Å². The van der Waals surface area contributed by atoms with Gasteiger partial charge in [0.1, 0.15) is 0 Å². The van der Waals surface area contributed by atoms with Crippen LogP contribution in [-0.4, -0.2) is 36.3 Å². The highest BCUT2D eigenvalue weighted by Gasteiger charge is 2.52. The summed E-state index contributed by atoms with van der Waals surface area (Å²) in [6.07, 6.45) is -1.34. The van der Waals surface area contributed by atoms with Crippen LogP contribution in [0.1, 0.15) is 45.2 Å². The van der Waals surface area contributed by atoms with Crippen molar-refractivity contribution in [1.82, 2.24) is 4.90 Å². The third-order valence-electron chi connectivity index (χ3n) is 5.57. The quantitative estimate of drug-likeness (QED) is 0.736. The molecule has 2 aliphatic rings. The normalized spacial score (nSPS) is 23.2. The lowest BCUT2D eigenvalue weighted by atomic mass is 9.74. The number of hydrogen-bond donors (Lipinski definition) is 0. The first kappa shape index (κ1) is 19.5. The summed E-state index contributed by atoms with van der Waals surface area (Å²) >= 11 is 0. The minimum atomic E-state index is -4.29. The van der Waals surface area contributed by atoms with Crippen LogP contribution in [0.3, 0.4) is 0 Å². The van der Waals surface area contributed by atoms with Crippen LogP contribution in [0, 0.1) is 0 Å². The molecular weight excluding hydrogens is 342 g/mol. The van der Waals surface area contributed by atoms with E-state index in [0.717, 1.165) is 42.7 Å². The highest BCUT2D eigenvalue weighted by atomic mass is 19.4. The Morgan fingerprint density at radius 1 is 1.04 bits per heavy atom. The maximum absolute atomic E-state index is 12.6. The minimum Gasteiger partial charge on any atom is -0.400 e. The summed E-state index contributed by atoms with van der Waals surface area (Å²) < 4.78 is 50.1. The molecule has 142 valence electrons. The first-order chi connectivity index (χ1) is 12.0. The first-order valence-corrected chi connectivity index (χ1v) is 8.91. The molecule has 0 spiro atoms. The Kier molecular flexibility index (Phi) is 5.01. The van der Waals surface area contributed by atoms with Crippen LogP contribution in [0.5, 0.6) is 0 Å². The summed E-state index contributed by atoms with van der Waals surface area (Å²) in [5.41, 5.74) is 0.715. The molecule has 0 N–H and O–H groups in total. The molecule has 2 aliphatic heterocycles. The van der Waals surface area contributed by atoms with E-state index in [1.807, 2.05) is 27.7 Å². The van der Waals surface area contributed by atoms with Crippen molar-refractivity contribution < 1.29 is 22.5 Å². The van der Waals surface area contributed by atoms with Gasteiger partial charge in [0.25, 0.3) is 0 Å². The van der Waals surface area contributed by atoms with Gasteiger partial charge < -0.3 is 9.31 Å². The van der Waals surface area contributed by atoms with E-state index in [1.54, 1.807) is 12.1 Å². The van der Waals surface area contributed by atoms with Crippen LogP contribution < -0.4 is 0 Å².